The summed E-state index contributed by atoms with van der Waals surface area (Å²) in [6, 6.07) is 8.22. The Kier molecular flexibility index (Phi) is 6.21. The number of carboxylic acid groups (broad SMARTS) is 1. The smallest absolute Gasteiger partial charge is 0.333 e. The van der Waals surface area contributed by atoms with E-state index in [0.717, 1.165) is 12.8 Å². The average Bonchev–Trinajstić information content (AvgIpc) is 2.48. The molecule has 116 valence electrons. The molecule has 0 aliphatic carbocycles. The molecule has 0 heterocycles. The van der Waals surface area contributed by atoms with Gasteiger partial charge in [-0.1, -0.05) is 57.0 Å². The summed E-state index contributed by atoms with van der Waals surface area (Å²) >= 11 is 0. The van der Waals surface area contributed by atoms with Crippen LogP contribution in [0.1, 0.15) is 39.2 Å². The maximum Gasteiger partial charge on any atom is 0.333 e. The van der Waals surface area contributed by atoms with Crippen LogP contribution in [-0.4, -0.2) is 23.7 Å². The third kappa shape index (κ3) is 4.48. The van der Waals surface area contributed by atoms with Gasteiger partial charge in [-0.15, -0.1) is 0 Å². The second-order valence-corrected chi connectivity index (χ2v) is 5.31. The molecule has 1 unspecified atom stereocenters. The van der Waals surface area contributed by atoms with Crippen molar-refractivity contribution >= 4 is 12.0 Å². The Morgan fingerprint density at radius 2 is 1.76 bits per heavy atom. The molecule has 1 atom stereocenters. The number of aliphatic carboxylic acids is 1. The standard InChI is InChI=1S/C16H24N2O3/c1-4-12(5-2)11-17-15(21)18-16(3,14(19)20)13-9-7-6-8-10-13/h6-10,12H,4-5,11H2,1-3H3,(H,19,20)(H2,17,18,21). The highest BCUT2D eigenvalue weighted by molar-refractivity contribution is 5.87. The second kappa shape index (κ2) is 7.67. The lowest BCUT2D eigenvalue weighted by Crippen LogP contribution is -2.53. The monoisotopic (exact) mass is 292 g/mol. The van der Waals surface area contributed by atoms with Gasteiger partial charge in [0.2, 0.25) is 0 Å². The number of carbonyl (C=O) groups excluding carboxylic acids is 1. The zero-order valence-corrected chi connectivity index (χ0v) is 12.8. The van der Waals surface area contributed by atoms with Crippen LogP contribution in [0.4, 0.5) is 4.79 Å². The number of carboxylic acids is 1. The summed E-state index contributed by atoms with van der Waals surface area (Å²) in [4.78, 5) is 23.6. The SMILES string of the molecule is CCC(CC)CNC(=O)NC(C)(C(=O)O)c1ccccc1. The summed E-state index contributed by atoms with van der Waals surface area (Å²) in [7, 11) is 0. The minimum atomic E-state index is -1.45. The van der Waals surface area contributed by atoms with Crippen LogP contribution in [0.25, 0.3) is 0 Å². The lowest BCUT2D eigenvalue weighted by Gasteiger charge is -2.27. The van der Waals surface area contributed by atoms with Crippen molar-refractivity contribution in [2.75, 3.05) is 6.54 Å². The zero-order chi connectivity index (χ0) is 15.9. The van der Waals surface area contributed by atoms with Gasteiger partial charge in [0.05, 0.1) is 0 Å². The molecule has 0 fully saturated rings. The molecule has 1 rings (SSSR count). The van der Waals surface area contributed by atoms with Crippen LogP contribution in [-0.2, 0) is 10.3 Å². The quantitative estimate of drug-likeness (QED) is 0.723. The first-order valence-electron chi connectivity index (χ1n) is 7.29. The van der Waals surface area contributed by atoms with Gasteiger partial charge < -0.3 is 15.7 Å². The Morgan fingerprint density at radius 1 is 1.19 bits per heavy atom. The van der Waals surface area contributed by atoms with Crippen LogP contribution in [0.3, 0.4) is 0 Å². The molecule has 5 heteroatoms. The van der Waals surface area contributed by atoms with Gasteiger partial charge in [-0.2, -0.15) is 0 Å². The van der Waals surface area contributed by atoms with Crippen molar-refractivity contribution in [2.24, 2.45) is 5.92 Å². The van der Waals surface area contributed by atoms with Crippen molar-refractivity contribution in [1.82, 2.24) is 10.6 Å². The highest BCUT2D eigenvalue weighted by Crippen LogP contribution is 2.20. The molecule has 0 aliphatic rings. The first-order chi connectivity index (χ1) is 9.93. The molecule has 0 aromatic heterocycles. The van der Waals surface area contributed by atoms with Gasteiger partial charge >= 0.3 is 12.0 Å². The van der Waals surface area contributed by atoms with Gasteiger partial charge in [0.1, 0.15) is 0 Å². The first-order valence-corrected chi connectivity index (χ1v) is 7.29. The summed E-state index contributed by atoms with van der Waals surface area (Å²) in [5.41, 5.74) is -0.908. The van der Waals surface area contributed by atoms with E-state index in [4.69, 9.17) is 0 Å². The number of benzene rings is 1. The first kappa shape index (κ1) is 17.0. The normalized spacial score (nSPS) is 13.5. The minimum absolute atomic E-state index is 0.406. The fourth-order valence-electron chi connectivity index (χ4n) is 2.11. The predicted octanol–water partition coefficient (Wildman–Crippen LogP) is 2.72. The van der Waals surface area contributed by atoms with Crippen molar-refractivity contribution in [3.63, 3.8) is 0 Å². The molecule has 3 N–H and O–H groups in total. The molecular formula is C16H24N2O3. The Labute approximate surface area is 125 Å². The lowest BCUT2D eigenvalue weighted by molar-refractivity contribution is -0.144. The van der Waals surface area contributed by atoms with Gasteiger partial charge in [-0.05, 0) is 18.4 Å². The summed E-state index contributed by atoms with van der Waals surface area (Å²) in [6.07, 6.45) is 1.96. The number of hydrogen-bond acceptors (Lipinski definition) is 2. The second-order valence-electron chi connectivity index (χ2n) is 5.31. The number of urea groups is 1. The molecule has 0 spiro atoms. The van der Waals surface area contributed by atoms with Crippen LogP contribution in [0, 0.1) is 5.92 Å². The zero-order valence-electron chi connectivity index (χ0n) is 12.8. The number of nitrogens with one attached hydrogen (secondary N) is 2. The van der Waals surface area contributed by atoms with Crippen molar-refractivity contribution in [3.05, 3.63) is 35.9 Å². The molecule has 2 amide bonds. The molecule has 0 saturated heterocycles. The maximum absolute atomic E-state index is 12.0. The lowest BCUT2D eigenvalue weighted by atomic mass is 9.92. The molecule has 0 bridgehead atoms. The number of amides is 2. The summed E-state index contributed by atoms with van der Waals surface area (Å²) in [5, 5.41) is 14.8. The van der Waals surface area contributed by atoms with Gasteiger partial charge in [0.15, 0.2) is 5.54 Å². The molecule has 0 radical (unpaired) electrons. The van der Waals surface area contributed by atoms with E-state index in [9.17, 15) is 14.7 Å². The molecule has 1 aromatic carbocycles. The van der Waals surface area contributed by atoms with Crippen LogP contribution >= 0.6 is 0 Å². The van der Waals surface area contributed by atoms with E-state index < -0.39 is 17.5 Å². The topological polar surface area (TPSA) is 78.4 Å². The summed E-state index contributed by atoms with van der Waals surface area (Å²) in [5.74, 6) is -0.685. The van der Waals surface area contributed by atoms with Crippen LogP contribution < -0.4 is 10.6 Å². The average molecular weight is 292 g/mol. The Balaban J connectivity index is 2.76. The van der Waals surface area contributed by atoms with Gasteiger partial charge in [0.25, 0.3) is 0 Å². The van der Waals surface area contributed by atoms with E-state index in [-0.39, 0.29) is 0 Å². The molecule has 0 aliphatic heterocycles. The van der Waals surface area contributed by atoms with E-state index in [0.29, 0.717) is 18.0 Å². The van der Waals surface area contributed by atoms with Crippen LogP contribution in [0.2, 0.25) is 0 Å². The predicted molar refractivity (Wildman–Crippen MR) is 82.0 cm³/mol. The minimum Gasteiger partial charge on any atom is -0.479 e. The molecule has 5 nitrogen and oxygen atoms in total. The number of rotatable bonds is 7. The van der Waals surface area contributed by atoms with E-state index in [2.05, 4.69) is 24.5 Å². The number of hydrogen-bond donors (Lipinski definition) is 3. The van der Waals surface area contributed by atoms with E-state index >= 15 is 0 Å². The maximum atomic E-state index is 12.0. The molecule has 0 saturated carbocycles. The van der Waals surface area contributed by atoms with Crippen molar-refractivity contribution in [2.45, 2.75) is 39.2 Å². The van der Waals surface area contributed by atoms with Crippen LogP contribution in [0.5, 0.6) is 0 Å². The Bertz CT molecular complexity index is 472. The summed E-state index contributed by atoms with van der Waals surface area (Å²) in [6.45, 7) is 6.17. The van der Waals surface area contributed by atoms with Crippen molar-refractivity contribution < 1.29 is 14.7 Å². The van der Waals surface area contributed by atoms with Gasteiger partial charge in [0, 0.05) is 6.54 Å². The highest BCUT2D eigenvalue weighted by atomic mass is 16.4. The Hall–Kier alpha value is -2.04. The third-order valence-corrected chi connectivity index (χ3v) is 3.85. The molecular weight excluding hydrogens is 268 g/mol. The van der Waals surface area contributed by atoms with E-state index in [1.807, 2.05) is 0 Å². The van der Waals surface area contributed by atoms with Crippen molar-refractivity contribution in [1.29, 1.82) is 0 Å². The van der Waals surface area contributed by atoms with E-state index in [1.54, 1.807) is 30.3 Å². The third-order valence-electron chi connectivity index (χ3n) is 3.85. The van der Waals surface area contributed by atoms with Crippen molar-refractivity contribution in [3.8, 4) is 0 Å². The highest BCUT2D eigenvalue weighted by Gasteiger charge is 2.36. The Morgan fingerprint density at radius 3 is 2.24 bits per heavy atom. The van der Waals surface area contributed by atoms with Crippen LogP contribution in [0.15, 0.2) is 30.3 Å². The molecule has 21 heavy (non-hydrogen) atoms. The summed E-state index contributed by atoms with van der Waals surface area (Å²) < 4.78 is 0. The fourth-order valence-corrected chi connectivity index (χ4v) is 2.11. The largest absolute Gasteiger partial charge is 0.479 e. The fraction of sp³-hybridized carbons (Fsp3) is 0.500. The van der Waals surface area contributed by atoms with E-state index in [1.165, 1.54) is 6.92 Å². The van der Waals surface area contributed by atoms with Gasteiger partial charge in [-0.3, -0.25) is 0 Å². The number of carbonyl (C=O) groups is 2. The van der Waals surface area contributed by atoms with Gasteiger partial charge in [-0.25, -0.2) is 9.59 Å². The molecule has 1 aromatic rings.